The Kier molecular flexibility index (Phi) is 10.6. The van der Waals surface area contributed by atoms with Gasteiger partial charge in [-0.15, -0.1) is 0 Å². The number of anilines is 1. The van der Waals surface area contributed by atoms with Gasteiger partial charge in [-0.1, -0.05) is 91.0 Å². The van der Waals surface area contributed by atoms with E-state index in [0.29, 0.717) is 26.2 Å². The first-order valence-corrected chi connectivity index (χ1v) is 18.0. The lowest BCUT2D eigenvalue weighted by Crippen LogP contribution is -2.57. The molecule has 4 aromatic rings. The van der Waals surface area contributed by atoms with Crippen LogP contribution in [0.4, 0.5) is 10.5 Å². The number of aliphatic hydroxyl groups excluding tert-OH is 1. The highest BCUT2D eigenvalue weighted by Crippen LogP contribution is 2.40. The number of piperidine rings is 1. The molecule has 10 heteroatoms. The zero-order valence-corrected chi connectivity index (χ0v) is 29.1. The highest BCUT2D eigenvalue weighted by Gasteiger charge is 2.50. The van der Waals surface area contributed by atoms with E-state index in [1.807, 2.05) is 67.6 Å². The van der Waals surface area contributed by atoms with Crippen LogP contribution in [0.15, 0.2) is 103 Å². The number of carbonyl (C=O) groups excluding carboxylic acids is 2. The number of hydrogen-bond donors (Lipinski definition) is 4. The Hall–Kier alpha value is -4.74. The minimum atomic E-state index is -0.569. The molecule has 4 aromatic carbocycles. The van der Waals surface area contributed by atoms with Crippen molar-refractivity contribution in [1.29, 1.82) is 0 Å². The molecule has 3 atom stereocenters. The third kappa shape index (κ3) is 7.64. The maximum absolute atomic E-state index is 13.2. The lowest BCUT2D eigenvalue weighted by Gasteiger charge is -2.45. The fraction of sp³-hybridized carbons (Fsp3) is 0.366. The molecule has 3 unspecified atom stereocenters. The van der Waals surface area contributed by atoms with Crippen LogP contribution in [0.1, 0.15) is 60.8 Å². The number of ether oxygens (including phenoxy) is 2. The summed E-state index contributed by atoms with van der Waals surface area (Å²) in [6.45, 7) is 5.73. The third-order valence-corrected chi connectivity index (χ3v) is 10.5. The van der Waals surface area contributed by atoms with Crippen LogP contribution in [0.5, 0.6) is 0 Å². The molecular weight excluding hydrogens is 642 g/mol. The van der Waals surface area contributed by atoms with Crippen LogP contribution in [0.2, 0.25) is 0 Å². The second kappa shape index (κ2) is 15.7. The molecule has 4 N–H and O–H groups in total. The van der Waals surface area contributed by atoms with Crippen molar-refractivity contribution in [2.24, 2.45) is 0 Å². The molecule has 1 spiro atoms. The smallest absolute Gasteiger partial charge is 0.315 e. The Morgan fingerprint density at radius 3 is 2.31 bits per heavy atom. The zero-order chi connectivity index (χ0) is 35.2. The SMILES string of the molecule is CCNC(=O)NCc1ccccc1-c1ccc(C2OC(CN3CCC4(CC3)C(=O)NCN4c3ccccc3)CC(c3ccc(CO)cc3)O2)cc1. The summed E-state index contributed by atoms with van der Waals surface area (Å²) >= 11 is 0. The quantitative estimate of drug-likeness (QED) is 0.171. The fourth-order valence-corrected chi connectivity index (χ4v) is 7.63. The second-order valence-electron chi connectivity index (χ2n) is 13.6. The first-order valence-electron chi connectivity index (χ1n) is 18.0. The average Bonchev–Trinajstić information content (AvgIpc) is 3.49. The lowest BCUT2D eigenvalue weighted by atomic mass is 9.85. The number of nitrogens with zero attached hydrogens (tertiary/aromatic N) is 2. The molecule has 266 valence electrons. The second-order valence-corrected chi connectivity index (χ2v) is 13.6. The lowest BCUT2D eigenvalue weighted by molar-refractivity contribution is -0.253. The number of para-hydroxylation sites is 1. The summed E-state index contributed by atoms with van der Waals surface area (Å²) in [5.74, 6) is 0.115. The molecule has 3 aliphatic heterocycles. The minimum Gasteiger partial charge on any atom is -0.392 e. The highest BCUT2D eigenvalue weighted by molar-refractivity contribution is 5.93. The first-order chi connectivity index (χ1) is 25.0. The topological polar surface area (TPSA) is 115 Å². The summed E-state index contributed by atoms with van der Waals surface area (Å²) < 4.78 is 13.4. The van der Waals surface area contributed by atoms with Crippen LogP contribution in [-0.4, -0.2) is 66.4 Å². The van der Waals surface area contributed by atoms with Gasteiger partial charge in [-0.25, -0.2) is 4.79 Å². The van der Waals surface area contributed by atoms with Gasteiger partial charge in [0.15, 0.2) is 6.29 Å². The number of urea groups is 1. The van der Waals surface area contributed by atoms with Crippen molar-refractivity contribution in [3.05, 3.63) is 125 Å². The Bertz CT molecular complexity index is 1780. The standard InChI is InChI=1S/C41H47N5O5/c1-2-42-40(49)43-25-33-8-6-7-11-36(33)30-16-18-32(19-17-30)38-50-35(24-37(51-38)31-14-12-29(27-47)13-15-31)26-45-22-20-41(21-23-45)39(48)44-28-46(41)34-9-4-3-5-10-34/h3-19,35,37-38,47H,2,20-28H2,1H3,(H,44,48)(H2,42,43,49). The van der Waals surface area contributed by atoms with Gasteiger partial charge in [0, 0.05) is 50.4 Å². The van der Waals surface area contributed by atoms with Crippen LogP contribution in [0, 0.1) is 0 Å². The summed E-state index contributed by atoms with van der Waals surface area (Å²) in [5.41, 5.74) is 6.49. The first kappa shape index (κ1) is 34.7. The van der Waals surface area contributed by atoms with Crippen molar-refractivity contribution in [3.8, 4) is 11.1 Å². The number of aliphatic hydroxyl groups is 1. The van der Waals surface area contributed by atoms with Crippen LogP contribution in [0.25, 0.3) is 11.1 Å². The van der Waals surface area contributed by atoms with Crippen LogP contribution < -0.4 is 20.9 Å². The highest BCUT2D eigenvalue weighted by atomic mass is 16.7. The third-order valence-electron chi connectivity index (χ3n) is 10.5. The Balaban J connectivity index is 1.07. The number of nitrogens with one attached hydrogen (secondary N) is 3. The van der Waals surface area contributed by atoms with Crippen molar-refractivity contribution in [2.45, 2.75) is 63.4 Å². The van der Waals surface area contributed by atoms with Gasteiger partial charge in [0.05, 0.1) is 25.5 Å². The fourth-order valence-electron chi connectivity index (χ4n) is 7.63. The van der Waals surface area contributed by atoms with E-state index in [1.54, 1.807) is 0 Å². The van der Waals surface area contributed by atoms with E-state index in [-0.39, 0.29) is 30.8 Å². The van der Waals surface area contributed by atoms with Gasteiger partial charge in [-0.3, -0.25) is 4.79 Å². The van der Waals surface area contributed by atoms with Gasteiger partial charge >= 0.3 is 6.03 Å². The normalized spacial score (nSPS) is 21.7. The van der Waals surface area contributed by atoms with Crippen molar-refractivity contribution < 1.29 is 24.2 Å². The van der Waals surface area contributed by atoms with Crippen LogP contribution in [0.3, 0.4) is 0 Å². The van der Waals surface area contributed by atoms with Crippen LogP contribution in [-0.2, 0) is 27.4 Å². The van der Waals surface area contributed by atoms with Crippen molar-refractivity contribution >= 4 is 17.6 Å². The van der Waals surface area contributed by atoms with Crippen molar-refractivity contribution in [3.63, 3.8) is 0 Å². The molecule has 0 aromatic heterocycles. The molecule has 7 rings (SSSR count). The summed E-state index contributed by atoms with van der Waals surface area (Å²) in [6.07, 6.45) is 1.33. The van der Waals surface area contributed by atoms with Gasteiger partial charge in [0.25, 0.3) is 0 Å². The van der Waals surface area contributed by atoms with E-state index in [1.165, 1.54) is 0 Å². The van der Waals surface area contributed by atoms with Crippen molar-refractivity contribution in [1.82, 2.24) is 20.9 Å². The molecular formula is C41H47N5O5. The Morgan fingerprint density at radius 2 is 1.59 bits per heavy atom. The molecule has 3 fully saturated rings. The van der Waals surface area contributed by atoms with E-state index in [4.69, 9.17) is 9.47 Å². The average molecular weight is 690 g/mol. The number of benzene rings is 4. The number of amides is 3. The minimum absolute atomic E-state index is 0.00613. The molecule has 51 heavy (non-hydrogen) atoms. The van der Waals surface area contributed by atoms with Gasteiger partial charge in [0.2, 0.25) is 5.91 Å². The maximum atomic E-state index is 13.2. The molecule has 10 nitrogen and oxygen atoms in total. The molecule has 0 saturated carbocycles. The summed E-state index contributed by atoms with van der Waals surface area (Å²) in [4.78, 5) is 30.0. The predicted octanol–water partition coefficient (Wildman–Crippen LogP) is 5.64. The van der Waals surface area contributed by atoms with E-state index >= 15 is 0 Å². The molecule has 3 amide bonds. The Labute approximate surface area is 299 Å². The van der Waals surface area contributed by atoms with E-state index in [2.05, 4.69) is 68.2 Å². The molecule has 3 saturated heterocycles. The zero-order valence-electron chi connectivity index (χ0n) is 29.1. The van der Waals surface area contributed by atoms with E-state index < -0.39 is 11.8 Å². The monoisotopic (exact) mass is 689 g/mol. The van der Waals surface area contributed by atoms with E-state index in [9.17, 15) is 14.7 Å². The summed E-state index contributed by atoms with van der Waals surface area (Å²) in [6, 6.07) is 34.3. The summed E-state index contributed by atoms with van der Waals surface area (Å²) in [5, 5.41) is 18.4. The molecule has 0 aliphatic carbocycles. The number of rotatable bonds is 10. The van der Waals surface area contributed by atoms with Gasteiger partial charge in [-0.2, -0.15) is 0 Å². The molecule has 0 radical (unpaired) electrons. The largest absolute Gasteiger partial charge is 0.392 e. The number of likely N-dealkylation sites (tertiary alicyclic amines) is 1. The van der Waals surface area contributed by atoms with Gasteiger partial charge in [0.1, 0.15) is 5.54 Å². The summed E-state index contributed by atoms with van der Waals surface area (Å²) in [7, 11) is 0. The predicted molar refractivity (Wildman–Crippen MR) is 197 cm³/mol. The molecule has 3 aliphatic rings. The Morgan fingerprint density at radius 1 is 0.882 bits per heavy atom. The van der Waals surface area contributed by atoms with E-state index in [0.717, 1.165) is 71.5 Å². The number of carbonyl (C=O) groups is 2. The maximum Gasteiger partial charge on any atom is 0.315 e. The van der Waals surface area contributed by atoms with Crippen LogP contribution >= 0.6 is 0 Å². The van der Waals surface area contributed by atoms with Gasteiger partial charge in [-0.05, 0) is 59.7 Å². The van der Waals surface area contributed by atoms with Crippen molar-refractivity contribution in [2.75, 3.05) is 37.7 Å². The van der Waals surface area contributed by atoms with Gasteiger partial charge < -0.3 is 40.3 Å². The molecule has 0 bridgehead atoms. The number of hydrogen-bond acceptors (Lipinski definition) is 7. The molecule has 3 heterocycles.